The average molecular weight is 250 g/mol. The van der Waals surface area contributed by atoms with Gasteiger partial charge >= 0.3 is 0 Å². The molecule has 4 nitrogen and oxygen atoms in total. The molecule has 2 saturated heterocycles. The van der Waals surface area contributed by atoms with E-state index in [-0.39, 0.29) is 0 Å². The molecule has 0 aromatic heterocycles. The first kappa shape index (κ1) is 12.6. The summed E-state index contributed by atoms with van der Waals surface area (Å²) in [6.07, 6.45) is 6.50. The van der Waals surface area contributed by atoms with Gasteiger partial charge in [0.05, 0.1) is 0 Å². The number of hydrogen-bond acceptors (Lipinski definition) is 4. The molecule has 3 aliphatic rings. The Balaban J connectivity index is 1.53. The molecule has 0 aromatic rings. The van der Waals surface area contributed by atoms with Crippen molar-refractivity contribution in [3.63, 3.8) is 0 Å². The van der Waals surface area contributed by atoms with E-state index in [4.69, 9.17) is 0 Å². The van der Waals surface area contributed by atoms with Crippen LogP contribution in [0.25, 0.3) is 0 Å². The molecule has 0 atom stereocenters. The number of hydrogen-bond donors (Lipinski definition) is 2. The maximum Gasteiger partial charge on any atom is 0.0316 e. The summed E-state index contributed by atoms with van der Waals surface area (Å²) in [6, 6.07) is 0. The van der Waals surface area contributed by atoms with Crippen molar-refractivity contribution in [3.8, 4) is 0 Å². The molecular formula is C14H26N4. The highest BCUT2D eigenvalue weighted by Crippen LogP contribution is 2.26. The van der Waals surface area contributed by atoms with Crippen LogP contribution in [0, 0.1) is 5.92 Å². The van der Waals surface area contributed by atoms with Crippen molar-refractivity contribution in [3.05, 3.63) is 11.6 Å². The lowest BCUT2D eigenvalue weighted by Gasteiger charge is -2.40. The van der Waals surface area contributed by atoms with Gasteiger partial charge in [0.2, 0.25) is 0 Å². The molecule has 0 aromatic carbocycles. The highest BCUT2D eigenvalue weighted by molar-refractivity contribution is 5.12. The Morgan fingerprint density at radius 2 is 1.61 bits per heavy atom. The summed E-state index contributed by atoms with van der Waals surface area (Å²) in [4.78, 5) is 0. The van der Waals surface area contributed by atoms with Crippen LogP contribution in [0.3, 0.4) is 0 Å². The summed E-state index contributed by atoms with van der Waals surface area (Å²) in [5.41, 5.74) is 1.74. The van der Waals surface area contributed by atoms with Crippen LogP contribution in [-0.4, -0.2) is 62.4 Å². The molecule has 4 heteroatoms. The smallest absolute Gasteiger partial charge is 0.0316 e. The van der Waals surface area contributed by atoms with Crippen molar-refractivity contribution in [2.45, 2.75) is 19.3 Å². The van der Waals surface area contributed by atoms with Gasteiger partial charge in [-0.25, -0.2) is 10.0 Å². The number of piperazine rings is 1. The van der Waals surface area contributed by atoms with Crippen molar-refractivity contribution in [2.75, 3.05) is 52.4 Å². The van der Waals surface area contributed by atoms with Crippen molar-refractivity contribution in [1.29, 1.82) is 0 Å². The van der Waals surface area contributed by atoms with E-state index in [2.05, 4.69) is 26.7 Å². The minimum Gasteiger partial charge on any atom is -0.317 e. The lowest BCUT2D eigenvalue weighted by atomic mass is 9.86. The van der Waals surface area contributed by atoms with Crippen LogP contribution in [-0.2, 0) is 0 Å². The van der Waals surface area contributed by atoms with E-state index in [9.17, 15) is 0 Å². The van der Waals surface area contributed by atoms with E-state index < -0.39 is 0 Å². The first-order chi connectivity index (χ1) is 8.93. The van der Waals surface area contributed by atoms with E-state index in [1.54, 1.807) is 5.57 Å². The van der Waals surface area contributed by atoms with Gasteiger partial charge in [0.15, 0.2) is 0 Å². The second-order valence-electron chi connectivity index (χ2n) is 5.67. The molecule has 3 heterocycles. The molecular weight excluding hydrogens is 224 g/mol. The standard InChI is InChI=1S/C14H26N4/c1-5-15-6-2-13(1)14-3-9-17(10-4-14)18-11-7-16-8-12-18/h3,13,15-16H,1-2,4-12H2. The Hall–Kier alpha value is -0.420. The summed E-state index contributed by atoms with van der Waals surface area (Å²) in [5.74, 6) is 0.872. The molecule has 0 unspecified atom stereocenters. The molecule has 0 aliphatic carbocycles. The second-order valence-corrected chi connectivity index (χ2v) is 5.67. The average Bonchev–Trinajstić information content (AvgIpc) is 2.49. The summed E-state index contributed by atoms with van der Waals surface area (Å²) in [7, 11) is 0. The summed E-state index contributed by atoms with van der Waals surface area (Å²) >= 11 is 0. The van der Waals surface area contributed by atoms with Crippen LogP contribution < -0.4 is 10.6 Å². The van der Waals surface area contributed by atoms with Crippen LogP contribution in [0.2, 0.25) is 0 Å². The van der Waals surface area contributed by atoms with Gasteiger partial charge in [-0.05, 0) is 38.3 Å². The predicted molar refractivity (Wildman–Crippen MR) is 74.3 cm³/mol. The van der Waals surface area contributed by atoms with Gasteiger partial charge in [0, 0.05) is 39.3 Å². The minimum atomic E-state index is 0.872. The minimum absolute atomic E-state index is 0.872. The Bertz CT molecular complexity index is 290. The zero-order valence-electron chi connectivity index (χ0n) is 11.3. The lowest BCUT2D eigenvalue weighted by Crippen LogP contribution is -2.53. The van der Waals surface area contributed by atoms with Crippen LogP contribution in [0.15, 0.2) is 11.6 Å². The summed E-state index contributed by atoms with van der Waals surface area (Å²) in [5, 5.41) is 12.0. The van der Waals surface area contributed by atoms with E-state index >= 15 is 0 Å². The highest BCUT2D eigenvalue weighted by atomic mass is 15.6. The molecule has 2 N–H and O–H groups in total. The molecule has 0 saturated carbocycles. The third-order valence-electron chi connectivity index (χ3n) is 4.58. The molecule has 0 radical (unpaired) electrons. The second kappa shape index (κ2) is 6.15. The monoisotopic (exact) mass is 250 g/mol. The fourth-order valence-corrected chi connectivity index (χ4v) is 3.43. The van der Waals surface area contributed by atoms with Crippen molar-refractivity contribution >= 4 is 0 Å². The first-order valence-corrected chi connectivity index (χ1v) is 7.53. The van der Waals surface area contributed by atoms with Crippen molar-refractivity contribution in [1.82, 2.24) is 20.7 Å². The van der Waals surface area contributed by atoms with Gasteiger partial charge < -0.3 is 10.6 Å². The SMILES string of the molecule is C1=C(C2CCNCC2)CCN(N2CCNCC2)C1. The first-order valence-electron chi connectivity index (χ1n) is 7.53. The molecule has 0 spiro atoms. The number of nitrogens with one attached hydrogen (secondary N) is 2. The molecule has 3 rings (SSSR count). The van der Waals surface area contributed by atoms with Gasteiger partial charge in [-0.2, -0.15) is 0 Å². The fourth-order valence-electron chi connectivity index (χ4n) is 3.43. The zero-order valence-corrected chi connectivity index (χ0v) is 11.3. The normalized spacial score (nSPS) is 29.2. The van der Waals surface area contributed by atoms with Crippen LogP contribution in [0.1, 0.15) is 19.3 Å². The van der Waals surface area contributed by atoms with Crippen molar-refractivity contribution < 1.29 is 0 Å². The van der Waals surface area contributed by atoms with Gasteiger partial charge in [-0.15, -0.1) is 0 Å². The number of piperidine rings is 1. The van der Waals surface area contributed by atoms with E-state index in [1.807, 2.05) is 0 Å². The van der Waals surface area contributed by atoms with Gasteiger partial charge in [-0.1, -0.05) is 11.6 Å². The Morgan fingerprint density at radius 1 is 0.889 bits per heavy atom. The Labute approximate surface area is 110 Å². The fraction of sp³-hybridized carbons (Fsp3) is 0.857. The molecule has 0 amide bonds. The Morgan fingerprint density at radius 3 is 2.28 bits per heavy atom. The topological polar surface area (TPSA) is 30.5 Å². The van der Waals surface area contributed by atoms with Crippen LogP contribution in [0.5, 0.6) is 0 Å². The molecule has 0 bridgehead atoms. The summed E-state index contributed by atoms with van der Waals surface area (Å²) < 4.78 is 0. The quantitative estimate of drug-likeness (QED) is 0.696. The highest BCUT2D eigenvalue weighted by Gasteiger charge is 2.24. The number of nitrogens with zero attached hydrogens (tertiary/aromatic N) is 2. The predicted octanol–water partition coefficient (Wildman–Crippen LogP) is 0.438. The maximum atomic E-state index is 3.46. The third kappa shape index (κ3) is 2.94. The van der Waals surface area contributed by atoms with E-state index in [0.29, 0.717) is 0 Å². The van der Waals surface area contributed by atoms with Gasteiger partial charge in [-0.3, -0.25) is 0 Å². The van der Waals surface area contributed by atoms with E-state index in [1.165, 1.54) is 52.0 Å². The zero-order chi connectivity index (χ0) is 12.2. The van der Waals surface area contributed by atoms with Crippen molar-refractivity contribution in [2.24, 2.45) is 5.92 Å². The van der Waals surface area contributed by atoms with Gasteiger partial charge in [0.1, 0.15) is 0 Å². The molecule has 102 valence electrons. The van der Waals surface area contributed by atoms with Gasteiger partial charge in [0.25, 0.3) is 0 Å². The van der Waals surface area contributed by atoms with E-state index in [0.717, 1.165) is 25.6 Å². The maximum absolute atomic E-state index is 3.46. The summed E-state index contributed by atoms with van der Waals surface area (Å²) in [6.45, 7) is 9.43. The Kier molecular flexibility index (Phi) is 4.31. The lowest BCUT2D eigenvalue weighted by molar-refractivity contribution is -0.0278. The largest absolute Gasteiger partial charge is 0.317 e. The third-order valence-corrected chi connectivity index (χ3v) is 4.58. The molecule has 3 aliphatic heterocycles. The molecule has 18 heavy (non-hydrogen) atoms. The number of rotatable bonds is 2. The number of hydrazine groups is 1. The van der Waals surface area contributed by atoms with Crippen LogP contribution in [0.4, 0.5) is 0 Å². The molecule has 2 fully saturated rings. The van der Waals surface area contributed by atoms with Crippen LogP contribution >= 0.6 is 0 Å².